The van der Waals surface area contributed by atoms with Gasteiger partial charge in [-0.3, -0.25) is 0 Å². The number of anilines is 8. The highest BCUT2D eigenvalue weighted by atomic mass is 16.5. The quantitative estimate of drug-likeness (QED) is 0.194. The molecule has 1 aliphatic carbocycles. The van der Waals surface area contributed by atoms with Crippen molar-refractivity contribution in [3.8, 4) is 22.6 Å². The zero-order valence-electron chi connectivity index (χ0n) is 26.0. The lowest BCUT2D eigenvalue weighted by Gasteiger charge is -2.13. The van der Waals surface area contributed by atoms with Gasteiger partial charge in [-0.05, 0) is 40.8 Å². The highest BCUT2D eigenvalue weighted by molar-refractivity contribution is 5.80. The Kier molecular flexibility index (Phi) is 8.93. The van der Waals surface area contributed by atoms with Crippen molar-refractivity contribution < 1.29 is 9.47 Å². The predicted molar refractivity (Wildman–Crippen MR) is 178 cm³/mol. The molecule has 14 nitrogen and oxygen atoms in total. The maximum absolute atomic E-state index is 5.78. The molecule has 0 saturated heterocycles. The maximum Gasteiger partial charge on any atom is 0.233 e. The van der Waals surface area contributed by atoms with Crippen molar-refractivity contribution in [1.82, 2.24) is 29.9 Å². The summed E-state index contributed by atoms with van der Waals surface area (Å²) in [7, 11) is 10.6. The molecular weight excluding hydrogens is 572 g/mol. The van der Waals surface area contributed by atoms with Crippen LogP contribution in [0.5, 0.6) is 11.5 Å². The van der Waals surface area contributed by atoms with Crippen LogP contribution >= 0.6 is 0 Å². The Morgan fingerprint density at radius 1 is 0.600 bits per heavy atom. The first-order valence-electron chi connectivity index (χ1n) is 14.0. The first-order valence-corrected chi connectivity index (χ1v) is 14.0. The molecule has 2 heterocycles. The van der Waals surface area contributed by atoms with Crippen molar-refractivity contribution in [2.75, 3.05) is 74.3 Å². The van der Waals surface area contributed by atoms with E-state index in [0.717, 1.165) is 17.8 Å². The Hall–Kier alpha value is -5.92. The number of benzene rings is 3. The number of methoxy groups -OCH3 is 2. The fourth-order valence-electron chi connectivity index (χ4n) is 4.61. The summed E-state index contributed by atoms with van der Waals surface area (Å²) < 4.78 is 10.4. The monoisotopic (exact) mass is 608 g/mol. The predicted octanol–water partition coefficient (Wildman–Crippen LogP) is 4.12. The molecule has 0 radical (unpaired) electrons. The van der Waals surface area contributed by atoms with Gasteiger partial charge in [0.1, 0.15) is 11.5 Å². The third kappa shape index (κ3) is 7.36. The average Bonchev–Trinajstić information content (AvgIpc) is 3.38. The number of hydrogen-bond acceptors (Lipinski definition) is 14. The summed E-state index contributed by atoms with van der Waals surface area (Å²) in [5.74, 6) is 3.45. The first kappa shape index (κ1) is 30.5. The molecule has 45 heavy (non-hydrogen) atoms. The smallest absolute Gasteiger partial charge is 0.233 e. The molecule has 0 aliphatic heterocycles. The van der Waals surface area contributed by atoms with E-state index in [0.29, 0.717) is 35.3 Å². The molecular formula is C31H36N12O2. The van der Waals surface area contributed by atoms with Gasteiger partial charge in [0.15, 0.2) is 0 Å². The molecule has 0 bridgehead atoms. The molecule has 0 saturated carbocycles. The van der Waals surface area contributed by atoms with Crippen molar-refractivity contribution in [3.05, 3.63) is 71.8 Å². The molecule has 5 aromatic rings. The Morgan fingerprint density at radius 2 is 1.13 bits per heavy atom. The van der Waals surface area contributed by atoms with Gasteiger partial charge in [0.25, 0.3) is 0 Å². The van der Waals surface area contributed by atoms with Crippen molar-refractivity contribution in [2.45, 2.75) is 6.42 Å². The van der Waals surface area contributed by atoms with Crippen LogP contribution in [0.4, 0.5) is 47.1 Å². The molecule has 14 heteroatoms. The van der Waals surface area contributed by atoms with Gasteiger partial charge in [0.2, 0.25) is 35.7 Å². The molecule has 232 valence electrons. The van der Waals surface area contributed by atoms with Crippen molar-refractivity contribution in [3.63, 3.8) is 0 Å². The number of hydrogen-bond donors (Lipinski definition) is 4. The number of fused-ring (bicyclic) bond motifs is 3. The Labute approximate surface area is 261 Å². The van der Waals surface area contributed by atoms with E-state index in [4.69, 9.17) is 20.9 Å². The molecule has 0 amide bonds. The van der Waals surface area contributed by atoms with Crippen LogP contribution in [0.2, 0.25) is 0 Å². The highest BCUT2D eigenvalue weighted by Gasteiger charge is 2.18. The van der Waals surface area contributed by atoms with E-state index < -0.39 is 0 Å². The largest absolute Gasteiger partial charge is 0.497 e. The molecule has 0 atom stereocenters. The zero-order chi connectivity index (χ0) is 32.1. The summed E-state index contributed by atoms with van der Waals surface area (Å²) in [6, 6.07) is 20.2. The van der Waals surface area contributed by atoms with E-state index in [1.165, 1.54) is 22.3 Å². The minimum atomic E-state index is 0.145. The molecule has 3 aromatic carbocycles. The molecule has 1 aliphatic rings. The molecule has 6 N–H and O–H groups in total. The van der Waals surface area contributed by atoms with E-state index in [-0.39, 0.29) is 11.9 Å². The summed E-state index contributed by atoms with van der Waals surface area (Å²) in [5.41, 5.74) is 18.4. The van der Waals surface area contributed by atoms with Gasteiger partial charge in [-0.15, -0.1) is 0 Å². The van der Waals surface area contributed by atoms with Gasteiger partial charge >= 0.3 is 0 Å². The van der Waals surface area contributed by atoms with Crippen LogP contribution in [0, 0.1) is 0 Å². The zero-order valence-corrected chi connectivity index (χ0v) is 26.0. The second kappa shape index (κ2) is 13.2. The lowest BCUT2D eigenvalue weighted by molar-refractivity contribution is 0.395. The Morgan fingerprint density at radius 3 is 1.69 bits per heavy atom. The number of nitrogens with one attached hydrogen (secondary N) is 2. The summed E-state index contributed by atoms with van der Waals surface area (Å²) in [4.78, 5) is 28.6. The molecule has 0 spiro atoms. The van der Waals surface area contributed by atoms with Crippen LogP contribution in [0.3, 0.4) is 0 Å². The maximum atomic E-state index is 5.78. The lowest BCUT2D eigenvalue weighted by Crippen LogP contribution is -2.15. The summed E-state index contributed by atoms with van der Waals surface area (Å²) in [5, 5.41) is 6.29. The number of rotatable bonds is 8. The second-order valence-corrected chi connectivity index (χ2v) is 10.5. The second-order valence-electron chi connectivity index (χ2n) is 10.5. The molecule has 2 aromatic heterocycles. The van der Waals surface area contributed by atoms with E-state index >= 15 is 0 Å². The number of aromatic nitrogens is 6. The van der Waals surface area contributed by atoms with Crippen LogP contribution in [-0.4, -0.2) is 72.3 Å². The molecule has 0 fully saturated rings. The van der Waals surface area contributed by atoms with Crippen LogP contribution in [0.15, 0.2) is 60.7 Å². The van der Waals surface area contributed by atoms with Crippen LogP contribution in [-0.2, 0) is 6.42 Å². The van der Waals surface area contributed by atoms with Crippen molar-refractivity contribution in [2.24, 2.45) is 0 Å². The minimum Gasteiger partial charge on any atom is -0.497 e. The first-order chi connectivity index (χ1) is 21.6. The fraction of sp³-hybridized carbons (Fsp3) is 0.226. The number of nitrogens with zero attached hydrogens (tertiary/aromatic N) is 8. The number of nitrogens with two attached hydrogens (primary N) is 2. The normalized spacial score (nSPS) is 11.0. The van der Waals surface area contributed by atoms with Crippen LogP contribution in [0.25, 0.3) is 11.1 Å². The van der Waals surface area contributed by atoms with Crippen LogP contribution in [0.1, 0.15) is 11.1 Å². The van der Waals surface area contributed by atoms with Gasteiger partial charge in [-0.25, -0.2) is 0 Å². The fourth-order valence-corrected chi connectivity index (χ4v) is 4.61. The Bertz CT molecular complexity index is 1790. The molecule has 0 unspecified atom stereocenters. The standard InChI is InChI=1S/C18H18N6.C13H18N6O2/c1-24(2)18-22-16(19)21-17(23-18)20-13-8-7-12-9-11-5-3-4-6-14(11)15(12)10-13;1-19(2)13-17-11(14)16-12(18-13)15-8-5-9(20-3)7-10(6-8)21-4/h3-8,10H,9H2,1-2H3,(H3,19,20,21,22,23);5-7H,1-4H3,(H3,14,15,16,17,18). The molecule has 6 rings (SSSR count). The Balaban J connectivity index is 0.000000180. The topological polar surface area (TPSA) is 178 Å². The lowest BCUT2D eigenvalue weighted by atomic mass is 10.1. The third-order valence-electron chi connectivity index (χ3n) is 6.74. The van der Waals surface area contributed by atoms with Crippen molar-refractivity contribution in [1.29, 1.82) is 0 Å². The van der Waals surface area contributed by atoms with Crippen LogP contribution < -0.4 is 41.4 Å². The number of ether oxygens (including phenoxy) is 2. The van der Waals surface area contributed by atoms with E-state index in [9.17, 15) is 0 Å². The van der Waals surface area contributed by atoms with E-state index in [1.54, 1.807) is 42.2 Å². The van der Waals surface area contributed by atoms with E-state index in [1.807, 2.05) is 34.3 Å². The minimum absolute atomic E-state index is 0.145. The SMILES string of the molecule is CN(C)c1nc(N)nc(Nc2ccc3c(c2)-c2ccccc2C3)n1.COc1cc(Nc2nc(N)nc(N(C)C)n2)cc(OC)c1. The van der Waals surface area contributed by atoms with Gasteiger partial charge < -0.3 is 41.4 Å². The van der Waals surface area contributed by atoms with Gasteiger partial charge in [-0.2, -0.15) is 29.9 Å². The average molecular weight is 609 g/mol. The highest BCUT2D eigenvalue weighted by Crippen LogP contribution is 2.38. The van der Waals surface area contributed by atoms with Crippen molar-refractivity contribution >= 4 is 47.1 Å². The summed E-state index contributed by atoms with van der Waals surface area (Å²) >= 11 is 0. The van der Waals surface area contributed by atoms with Gasteiger partial charge in [0.05, 0.1) is 14.2 Å². The van der Waals surface area contributed by atoms with Gasteiger partial charge in [0, 0.05) is 57.8 Å². The third-order valence-corrected chi connectivity index (χ3v) is 6.74. The van der Waals surface area contributed by atoms with E-state index in [2.05, 4.69) is 76.9 Å². The van der Waals surface area contributed by atoms with Gasteiger partial charge in [-0.1, -0.05) is 30.3 Å². The number of nitrogen functional groups attached to an aromatic ring is 2. The summed E-state index contributed by atoms with van der Waals surface area (Å²) in [6.45, 7) is 0. The summed E-state index contributed by atoms with van der Waals surface area (Å²) in [6.07, 6.45) is 0.981.